The van der Waals surface area contributed by atoms with Crippen LogP contribution in [-0.2, 0) is 10.5 Å². The first kappa shape index (κ1) is 12.6. The number of halogens is 1. The van der Waals surface area contributed by atoms with E-state index in [-0.39, 0.29) is 11.0 Å². The van der Waals surface area contributed by atoms with Crippen LogP contribution >= 0.6 is 23.4 Å². The quantitative estimate of drug-likeness (QED) is 0.778. The molecule has 15 heavy (non-hydrogen) atoms. The van der Waals surface area contributed by atoms with Crippen molar-refractivity contribution in [2.45, 2.75) is 31.3 Å². The number of hydrogen-bond acceptors (Lipinski definition) is 2. The van der Waals surface area contributed by atoms with Crippen molar-refractivity contribution in [3.05, 3.63) is 34.9 Å². The fourth-order valence-corrected chi connectivity index (χ4v) is 2.48. The molecule has 0 aromatic heterocycles. The number of thioether (sulfide) groups is 1. The van der Waals surface area contributed by atoms with Crippen molar-refractivity contribution in [2.75, 3.05) is 0 Å². The largest absolute Gasteiger partial charge is 0.299 e. The number of carbonyl (C=O) groups is 1. The number of carbonyl (C=O) groups excluding carboxylic acids is 1. The molecule has 0 bridgehead atoms. The Labute approximate surface area is 100 Å². The summed E-state index contributed by atoms with van der Waals surface area (Å²) in [5.74, 6) is 1.13. The van der Waals surface area contributed by atoms with Crippen LogP contribution < -0.4 is 0 Å². The molecule has 0 radical (unpaired) electrons. The lowest BCUT2D eigenvalue weighted by molar-refractivity contribution is -0.116. The smallest absolute Gasteiger partial charge is 0.142 e. The van der Waals surface area contributed by atoms with Crippen LogP contribution in [0.4, 0.5) is 0 Å². The Bertz CT molecular complexity index is 321. The van der Waals surface area contributed by atoms with E-state index in [1.54, 1.807) is 18.7 Å². The molecular weight excluding hydrogens is 228 g/mol. The average molecular weight is 243 g/mol. The summed E-state index contributed by atoms with van der Waals surface area (Å²) < 4.78 is 0. The highest BCUT2D eigenvalue weighted by Gasteiger charge is 2.11. The van der Waals surface area contributed by atoms with Crippen molar-refractivity contribution in [2.24, 2.45) is 0 Å². The molecule has 1 aromatic rings. The predicted octanol–water partition coefficient (Wildman–Crippen LogP) is 3.94. The SMILES string of the molecule is CCC(SCc1ccc(Cl)cc1)C(C)=O. The summed E-state index contributed by atoms with van der Waals surface area (Å²) in [6, 6.07) is 7.77. The highest BCUT2D eigenvalue weighted by atomic mass is 35.5. The standard InChI is InChI=1S/C12H15ClOS/c1-3-12(9(2)14)15-8-10-4-6-11(13)7-5-10/h4-7,12H,3,8H2,1-2H3. The second kappa shape index (κ2) is 6.19. The number of ketones is 1. The van der Waals surface area contributed by atoms with Gasteiger partial charge in [0.05, 0.1) is 5.25 Å². The highest BCUT2D eigenvalue weighted by molar-refractivity contribution is 7.99. The highest BCUT2D eigenvalue weighted by Crippen LogP contribution is 2.21. The van der Waals surface area contributed by atoms with Crippen molar-refractivity contribution in [1.82, 2.24) is 0 Å². The van der Waals surface area contributed by atoms with Gasteiger partial charge in [-0.3, -0.25) is 4.79 Å². The summed E-state index contributed by atoms with van der Waals surface area (Å²) in [4.78, 5) is 11.2. The van der Waals surface area contributed by atoms with Gasteiger partial charge in [0.25, 0.3) is 0 Å². The van der Waals surface area contributed by atoms with Gasteiger partial charge in [-0.1, -0.05) is 30.7 Å². The number of rotatable bonds is 5. The van der Waals surface area contributed by atoms with Gasteiger partial charge in [-0.25, -0.2) is 0 Å². The molecule has 0 heterocycles. The van der Waals surface area contributed by atoms with Crippen LogP contribution in [0.3, 0.4) is 0 Å². The molecule has 0 saturated heterocycles. The molecule has 0 N–H and O–H groups in total. The third-order valence-electron chi connectivity index (χ3n) is 2.19. The van der Waals surface area contributed by atoms with Gasteiger partial charge in [0.1, 0.15) is 5.78 Å². The molecule has 1 unspecified atom stereocenters. The molecule has 0 amide bonds. The Kier molecular flexibility index (Phi) is 5.20. The number of Topliss-reactive ketones (excluding diaryl/α,β-unsaturated/α-hetero) is 1. The van der Waals surface area contributed by atoms with Crippen molar-refractivity contribution in [1.29, 1.82) is 0 Å². The van der Waals surface area contributed by atoms with Gasteiger partial charge >= 0.3 is 0 Å². The van der Waals surface area contributed by atoms with Gasteiger partial charge in [-0.2, -0.15) is 0 Å². The monoisotopic (exact) mass is 242 g/mol. The Morgan fingerprint density at radius 3 is 2.47 bits per heavy atom. The van der Waals surface area contributed by atoms with Gasteiger partial charge < -0.3 is 0 Å². The van der Waals surface area contributed by atoms with Gasteiger partial charge in [-0.15, -0.1) is 11.8 Å². The normalized spacial score (nSPS) is 12.5. The lowest BCUT2D eigenvalue weighted by atomic mass is 10.2. The molecule has 0 spiro atoms. The lowest BCUT2D eigenvalue weighted by Gasteiger charge is -2.10. The minimum atomic E-state index is 0.126. The Morgan fingerprint density at radius 1 is 1.40 bits per heavy atom. The van der Waals surface area contributed by atoms with Crippen LogP contribution in [0.25, 0.3) is 0 Å². The summed E-state index contributed by atoms with van der Waals surface area (Å²) in [6.45, 7) is 3.70. The molecule has 3 heteroatoms. The second-order valence-electron chi connectivity index (χ2n) is 3.45. The van der Waals surface area contributed by atoms with Crippen LogP contribution in [0.15, 0.2) is 24.3 Å². The van der Waals surface area contributed by atoms with Crippen molar-refractivity contribution in [3.8, 4) is 0 Å². The van der Waals surface area contributed by atoms with E-state index in [9.17, 15) is 4.79 Å². The van der Waals surface area contributed by atoms with Crippen LogP contribution in [0.2, 0.25) is 5.02 Å². The van der Waals surface area contributed by atoms with Crippen LogP contribution in [-0.4, -0.2) is 11.0 Å². The molecule has 0 saturated carbocycles. The zero-order chi connectivity index (χ0) is 11.3. The predicted molar refractivity (Wildman–Crippen MR) is 67.5 cm³/mol. The van der Waals surface area contributed by atoms with Gasteiger partial charge in [0.2, 0.25) is 0 Å². The van der Waals surface area contributed by atoms with E-state index in [0.29, 0.717) is 0 Å². The van der Waals surface area contributed by atoms with E-state index in [1.807, 2.05) is 31.2 Å². The van der Waals surface area contributed by atoms with Crippen molar-refractivity contribution < 1.29 is 4.79 Å². The summed E-state index contributed by atoms with van der Waals surface area (Å²) in [6.07, 6.45) is 0.896. The lowest BCUT2D eigenvalue weighted by Crippen LogP contribution is -2.12. The fraction of sp³-hybridized carbons (Fsp3) is 0.417. The average Bonchev–Trinajstić information content (AvgIpc) is 2.21. The zero-order valence-electron chi connectivity index (χ0n) is 9.00. The summed E-state index contributed by atoms with van der Waals surface area (Å²) in [5.41, 5.74) is 1.21. The molecule has 82 valence electrons. The van der Waals surface area contributed by atoms with E-state index < -0.39 is 0 Å². The Balaban J connectivity index is 2.49. The first-order valence-electron chi connectivity index (χ1n) is 5.00. The summed E-state index contributed by atoms with van der Waals surface area (Å²) in [7, 11) is 0. The van der Waals surface area contributed by atoms with E-state index >= 15 is 0 Å². The number of hydrogen-bond donors (Lipinski definition) is 0. The van der Waals surface area contributed by atoms with E-state index in [2.05, 4.69) is 0 Å². The second-order valence-corrected chi connectivity index (χ2v) is 5.07. The fourth-order valence-electron chi connectivity index (χ4n) is 1.30. The van der Waals surface area contributed by atoms with Crippen LogP contribution in [0, 0.1) is 0 Å². The van der Waals surface area contributed by atoms with Crippen LogP contribution in [0.5, 0.6) is 0 Å². The summed E-state index contributed by atoms with van der Waals surface area (Å²) in [5, 5.41) is 0.878. The first-order chi connectivity index (χ1) is 7.13. The molecule has 1 rings (SSSR count). The maximum absolute atomic E-state index is 11.2. The van der Waals surface area contributed by atoms with Crippen LogP contribution in [0.1, 0.15) is 25.8 Å². The third kappa shape index (κ3) is 4.27. The third-order valence-corrected chi connectivity index (χ3v) is 4.01. The van der Waals surface area contributed by atoms with E-state index in [4.69, 9.17) is 11.6 Å². The van der Waals surface area contributed by atoms with E-state index in [0.717, 1.165) is 17.2 Å². The minimum absolute atomic E-state index is 0.126. The maximum atomic E-state index is 11.2. The molecular formula is C12H15ClOS. The molecule has 0 aliphatic heterocycles. The van der Waals surface area contributed by atoms with Crippen molar-refractivity contribution >= 4 is 29.1 Å². The maximum Gasteiger partial charge on any atom is 0.142 e. The molecule has 0 fully saturated rings. The Hall–Kier alpha value is -0.470. The van der Waals surface area contributed by atoms with Gasteiger partial charge in [0.15, 0.2) is 0 Å². The summed E-state index contributed by atoms with van der Waals surface area (Å²) >= 11 is 7.49. The zero-order valence-corrected chi connectivity index (χ0v) is 10.6. The number of benzene rings is 1. The molecule has 0 aliphatic rings. The first-order valence-corrected chi connectivity index (χ1v) is 6.42. The minimum Gasteiger partial charge on any atom is -0.299 e. The molecule has 0 aliphatic carbocycles. The Morgan fingerprint density at radius 2 is 2.00 bits per heavy atom. The molecule has 1 aromatic carbocycles. The van der Waals surface area contributed by atoms with Crippen molar-refractivity contribution in [3.63, 3.8) is 0 Å². The van der Waals surface area contributed by atoms with E-state index in [1.165, 1.54) is 5.56 Å². The van der Waals surface area contributed by atoms with Gasteiger partial charge in [-0.05, 0) is 31.0 Å². The van der Waals surface area contributed by atoms with Gasteiger partial charge in [0, 0.05) is 10.8 Å². The molecule has 1 nitrogen and oxygen atoms in total. The molecule has 1 atom stereocenters. The topological polar surface area (TPSA) is 17.1 Å².